The molecule has 0 heterocycles. The highest BCUT2D eigenvalue weighted by atomic mass is 35.5. The Balaban J connectivity index is 3.06. The molecule has 0 aromatic heterocycles. The van der Waals surface area contributed by atoms with Crippen LogP contribution in [-0.4, -0.2) is 26.2 Å². The molecule has 0 saturated carbocycles. The molecule has 0 fully saturated rings. The minimum atomic E-state index is -3.74. The fraction of sp³-hybridized carbons (Fsp3) is 0.364. The van der Waals surface area contributed by atoms with Crippen LogP contribution in [0, 0.1) is 11.3 Å². The number of rotatable bonds is 5. The SMILES string of the molecule is CC[C@H](CO)NS(=O)(=O)c1ccc(C#N)c(Cl)c1. The number of hydrogen-bond donors (Lipinski definition) is 2. The maximum Gasteiger partial charge on any atom is 0.240 e. The smallest absolute Gasteiger partial charge is 0.240 e. The molecular weight excluding hydrogens is 276 g/mol. The van der Waals surface area contributed by atoms with E-state index in [9.17, 15) is 8.42 Å². The molecule has 0 amide bonds. The summed E-state index contributed by atoms with van der Waals surface area (Å²) in [4.78, 5) is -0.0293. The number of aliphatic hydroxyl groups excluding tert-OH is 1. The molecule has 18 heavy (non-hydrogen) atoms. The molecule has 1 aromatic rings. The third kappa shape index (κ3) is 3.43. The Morgan fingerprint density at radius 3 is 2.67 bits per heavy atom. The van der Waals surface area contributed by atoms with Crippen LogP contribution >= 0.6 is 11.6 Å². The van der Waals surface area contributed by atoms with E-state index >= 15 is 0 Å². The summed E-state index contributed by atoms with van der Waals surface area (Å²) >= 11 is 5.78. The van der Waals surface area contributed by atoms with E-state index in [0.29, 0.717) is 6.42 Å². The summed E-state index contributed by atoms with van der Waals surface area (Å²) in [7, 11) is -3.74. The monoisotopic (exact) mass is 288 g/mol. The lowest BCUT2D eigenvalue weighted by atomic mass is 10.2. The fourth-order valence-corrected chi connectivity index (χ4v) is 2.91. The van der Waals surface area contributed by atoms with Gasteiger partial charge in [-0.3, -0.25) is 0 Å². The van der Waals surface area contributed by atoms with E-state index in [2.05, 4.69) is 4.72 Å². The van der Waals surface area contributed by atoms with Crippen LogP contribution in [0.1, 0.15) is 18.9 Å². The molecule has 5 nitrogen and oxygen atoms in total. The number of hydrogen-bond acceptors (Lipinski definition) is 4. The molecule has 0 saturated heterocycles. The molecule has 7 heteroatoms. The van der Waals surface area contributed by atoms with Gasteiger partial charge in [-0.1, -0.05) is 18.5 Å². The first-order valence-corrected chi connectivity index (χ1v) is 7.13. The fourth-order valence-electron chi connectivity index (χ4n) is 1.29. The Hall–Kier alpha value is -1.13. The third-order valence-corrected chi connectivity index (χ3v) is 4.24. The van der Waals surface area contributed by atoms with Gasteiger partial charge in [-0.05, 0) is 24.6 Å². The van der Waals surface area contributed by atoms with Gasteiger partial charge in [-0.2, -0.15) is 5.26 Å². The van der Waals surface area contributed by atoms with Crippen molar-refractivity contribution in [2.24, 2.45) is 0 Å². The summed E-state index contributed by atoms with van der Waals surface area (Å²) in [6, 6.07) is 5.17. The molecule has 0 aliphatic carbocycles. The van der Waals surface area contributed by atoms with Crippen LogP contribution < -0.4 is 4.72 Å². The Labute approximate surface area is 111 Å². The second-order valence-corrected chi connectivity index (χ2v) is 5.78. The first-order chi connectivity index (χ1) is 8.44. The van der Waals surface area contributed by atoms with Crippen LogP contribution in [0.5, 0.6) is 0 Å². The molecule has 1 aromatic carbocycles. The maximum atomic E-state index is 11.9. The van der Waals surface area contributed by atoms with Gasteiger partial charge in [-0.25, -0.2) is 13.1 Å². The van der Waals surface area contributed by atoms with Crippen LogP contribution in [0.15, 0.2) is 23.1 Å². The normalized spacial score (nSPS) is 13.0. The Morgan fingerprint density at radius 1 is 1.56 bits per heavy atom. The Kier molecular flexibility index (Phi) is 5.11. The number of nitrogens with one attached hydrogen (secondary N) is 1. The molecule has 0 spiro atoms. The van der Waals surface area contributed by atoms with Crippen LogP contribution in [0.25, 0.3) is 0 Å². The van der Waals surface area contributed by atoms with E-state index in [1.165, 1.54) is 18.2 Å². The lowest BCUT2D eigenvalue weighted by Crippen LogP contribution is -2.36. The van der Waals surface area contributed by atoms with E-state index in [1.54, 1.807) is 6.92 Å². The van der Waals surface area contributed by atoms with Crippen LogP contribution in [-0.2, 0) is 10.0 Å². The lowest BCUT2D eigenvalue weighted by molar-refractivity contribution is 0.254. The van der Waals surface area contributed by atoms with Crippen molar-refractivity contribution in [3.63, 3.8) is 0 Å². The average Bonchev–Trinajstić information content (AvgIpc) is 2.35. The minimum Gasteiger partial charge on any atom is -0.395 e. The van der Waals surface area contributed by atoms with Crippen LogP contribution in [0.2, 0.25) is 5.02 Å². The zero-order valence-corrected chi connectivity index (χ0v) is 11.3. The molecule has 1 rings (SSSR count). The van der Waals surface area contributed by atoms with Crippen molar-refractivity contribution < 1.29 is 13.5 Å². The van der Waals surface area contributed by atoms with E-state index in [4.69, 9.17) is 22.0 Å². The van der Waals surface area contributed by atoms with Gasteiger partial charge >= 0.3 is 0 Å². The zero-order chi connectivity index (χ0) is 13.8. The quantitative estimate of drug-likeness (QED) is 0.853. The summed E-state index contributed by atoms with van der Waals surface area (Å²) in [5, 5.41) is 17.8. The van der Waals surface area contributed by atoms with Gasteiger partial charge in [0.15, 0.2) is 0 Å². The first-order valence-electron chi connectivity index (χ1n) is 5.27. The van der Waals surface area contributed by atoms with Gasteiger partial charge in [-0.15, -0.1) is 0 Å². The summed E-state index contributed by atoms with van der Waals surface area (Å²) in [5.74, 6) is 0. The van der Waals surface area contributed by atoms with Crippen molar-refractivity contribution in [3.05, 3.63) is 28.8 Å². The first kappa shape index (κ1) is 14.9. The largest absolute Gasteiger partial charge is 0.395 e. The number of halogens is 1. The van der Waals surface area contributed by atoms with Crippen molar-refractivity contribution in [2.75, 3.05) is 6.61 Å². The van der Waals surface area contributed by atoms with E-state index in [-0.39, 0.29) is 22.1 Å². The highest BCUT2D eigenvalue weighted by Gasteiger charge is 2.19. The van der Waals surface area contributed by atoms with E-state index < -0.39 is 16.1 Å². The molecule has 0 aliphatic rings. The molecule has 98 valence electrons. The van der Waals surface area contributed by atoms with Crippen molar-refractivity contribution in [2.45, 2.75) is 24.3 Å². The molecule has 0 aliphatic heterocycles. The minimum absolute atomic E-state index is 0.0293. The number of nitriles is 1. The molecule has 2 N–H and O–H groups in total. The van der Waals surface area contributed by atoms with Crippen molar-refractivity contribution in [3.8, 4) is 6.07 Å². The molecule has 0 unspecified atom stereocenters. The highest BCUT2D eigenvalue weighted by Crippen LogP contribution is 2.20. The summed E-state index contributed by atoms with van der Waals surface area (Å²) in [5.41, 5.74) is 0.213. The molecule has 0 bridgehead atoms. The predicted molar refractivity (Wildman–Crippen MR) is 67.7 cm³/mol. The Morgan fingerprint density at radius 2 is 2.22 bits per heavy atom. The van der Waals surface area contributed by atoms with Crippen LogP contribution in [0.4, 0.5) is 0 Å². The number of aliphatic hydroxyl groups is 1. The molecule has 0 radical (unpaired) electrons. The van der Waals surface area contributed by atoms with Crippen LogP contribution in [0.3, 0.4) is 0 Å². The van der Waals surface area contributed by atoms with Crippen molar-refractivity contribution in [1.29, 1.82) is 5.26 Å². The summed E-state index contributed by atoms with van der Waals surface area (Å²) in [6.45, 7) is 1.48. The van der Waals surface area contributed by atoms with Gasteiger partial charge in [0.05, 0.1) is 22.1 Å². The summed E-state index contributed by atoms with van der Waals surface area (Å²) in [6.07, 6.45) is 0.472. The van der Waals surface area contributed by atoms with Crippen molar-refractivity contribution in [1.82, 2.24) is 4.72 Å². The molecular formula is C11H13ClN2O3S. The van der Waals surface area contributed by atoms with E-state index in [1.807, 2.05) is 6.07 Å². The predicted octanol–water partition coefficient (Wildman–Crippen LogP) is 1.26. The molecule has 1 atom stereocenters. The number of benzene rings is 1. The number of nitrogens with zero attached hydrogens (tertiary/aromatic N) is 1. The van der Waals surface area contributed by atoms with Gasteiger partial charge < -0.3 is 5.11 Å². The van der Waals surface area contributed by atoms with Gasteiger partial charge in [0.2, 0.25) is 10.0 Å². The zero-order valence-electron chi connectivity index (χ0n) is 9.72. The summed E-state index contributed by atoms with van der Waals surface area (Å²) < 4.78 is 26.3. The van der Waals surface area contributed by atoms with Crippen molar-refractivity contribution >= 4 is 21.6 Å². The maximum absolute atomic E-state index is 11.9. The Bertz CT molecular complexity index is 562. The van der Waals surface area contributed by atoms with Gasteiger partial charge in [0.25, 0.3) is 0 Å². The second kappa shape index (κ2) is 6.16. The average molecular weight is 289 g/mol. The van der Waals surface area contributed by atoms with Gasteiger partial charge in [0.1, 0.15) is 6.07 Å². The second-order valence-electron chi connectivity index (χ2n) is 3.66. The van der Waals surface area contributed by atoms with Gasteiger partial charge in [0, 0.05) is 6.04 Å². The van der Waals surface area contributed by atoms with E-state index in [0.717, 1.165) is 0 Å². The highest BCUT2D eigenvalue weighted by molar-refractivity contribution is 7.89. The lowest BCUT2D eigenvalue weighted by Gasteiger charge is -2.14. The topological polar surface area (TPSA) is 90.2 Å². The third-order valence-electron chi connectivity index (χ3n) is 2.41. The standard InChI is InChI=1S/C11H13ClN2O3S/c1-2-9(7-15)14-18(16,17)10-4-3-8(6-13)11(12)5-10/h3-5,9,14-15H,2,7H2,1H3/t9-/m1/s1. The number of sulfonamides is 1.